The first kappa shape index (κ1) is 20.0. The standard InChI is InChI=1S/C21H19N3O5S/c25-18(22-14-5-3-6-15(11-14)24-10-4-9-19(24)26)12-28-20(27)13-30-21-23-16-7-1-2-8-17(16)29-21/h1-3,5-8,11H,4,9-10,12-13H2,(H,22,25). The Morgan fingerprint density at radius 1 is 1.20 bits per heavy atom. The van der Waals surface area contributed by atoms with Gasteiger partial charge >= 0.3 is 5.97 Å². The van der Waals surface area contributed by atoms with Crippen molar-refractivity contribution in [2.45, 2.75) is 18.1 Å². The highest BCUT2D eigenvalue weighted by atomic mass is 32.2. The number of aromatic nitrogens is 1. The van der Waals surface area contributed by atoms with Gasteiger partial charge in [0.2, 0.25) is 5.91 Å². The lowest BCUT2D eigenvalue weighted by atomic mass is 10.2. The van der Waals surface area contributed by atoms with Crippen molar-refractivity contribution >= 4 is 52.0 Å². The fraction of sp³-hybridized carbons (Fsp3) is 0.238. The zero-order valence-electron chi connectivity index (χ0n) is 16.0. The van der Waals surface area contributed by atoms with Crippen LogP contribution in [0.2, 0.25) is 0 Å². The normalized spacial score (nSPS) is 13.6. The maximum Gasteiger partial charge on any atom is 0.316 e. The Labute approximate surface area is 176 Å². The first-order chi connectivity index (χ1) is 14.6. The number of rotatable bonds is 7. The molecule has 1 aliphatic heterocycles. The van der Waals surface area contributed by atoms with Crippen molar-refractivity contribution < 1.29 is 23.5 Å². The van der Waals surface area contributed by atoms with E-state index in [9.17, 15) is 14.4 Å². The van der Waals surface area contributed by atoms with Gasteiger partial charge < -0.3 is 19.4 Å². The lowest BCUT2D eigenvalue weighted by molar-refractivity contribution is -0.144. The number of thioether (sulfide) groups is 1. The van der Waals surface area contributed by atoms with Crippen molar-refractivity contribution in [1.29, 1.82) is 0 Å². The van der Waals surface area contributed by atoms with Gasteiger partial charge in [-0.15, -0.1) is 0 Å². The number of benzene rings is 2. The van der Waals surface area contributed by atoms with Crippen LogP contribution in [0.25, 0.3) is 11.1 Å². The number of ether oxygens (including phenoxy) is 1. The number of hydrogen-bond donors (Lipinski definition) is 1. The van der Waals surface area contributed by atoms with Crippen molar-refractivity contribution in [3.05, 3.63) is 48.5 Å². The molecule has 1 N–H and O–H groups in total. The summed E-state index contributed by atoms with van der Waals surface area (Å²) >= 11 is 1.10. The van der Waals surface area contributed by atoms with Crippen LogP contribution in [0.4, 0.5) is 11.4 Å². The SMILES string of the molecule is O=C(COC(=O)CSc1nc2ccccc2o1)Nc1cccc(N2CCCC2=O)c1. The number of carbonyl (C=O) groups excluding carboxylic acids is 3. The third-order valence-electron chi connectivity index (χ3n) is 4.47. The molecule has 8 nitrogen and oxygen atoms in total. The molecule has 2 aromatic carbocycles. The summed E-state index contributed by atoms with van der Waals surface area (Å²) < 4.78 is 10.5. The highest BCUT2D eigenvalue weighted by Gasteiger charge is 2.21. The molecule has 0 unspecified atom stereocenters. The number of amides is 2. The average molecular weight is 425 g/mol. The molecule has 0 spiro atoms. The van der Waals surface area contributed by atoms with Gasteiger partial charge in [0.05, 0.1) is 0 Å². The molecular formula is C21H19N3O5S. The molecule has 9 heteroatoms. The Balaban J connectivity index is 1.24. The van der Waals surface area contributed by atoms with E-state index in [0.717, 1.165) is 23.9 Å². The van der Waals surface area contributed by atoms with Crippen LogP contribution in [0, 0.1) is 0 Å². The zero-order chi connectivity index (χ0) is 20.9. The van der Waals surface area contributed by atoms with Crippen molar-refractivity contribution in [3.8, 4) is 0 Å². The maximum absolute atomic E-state index is 12.1. The van der Waals surface area contributed by atoms with Gasteiger partial charge in [-0.2, -0.15) is 0 Å². The topological polar surface area (TPSA) is 102 Å². The largest absolute Gasteiger partial charge is 0.455 e. The van der Waals surface area contributed by atoms with Gasteiger partial charge in [0.15, 0.2) is 12.2 Å². The minimum absolute atomic E-state index is 0.0212. The number of oxazole rings is 1. The van der Waals surface area contributed by atoms with Gasteiger partial charge in [0.1, 0.15) is 11.3 Å². The Hall–Kier alpha value is -3.33. The molecular weight excluding hydrogens is 406 g/mol. The molecule has 0 aliphatic carbocycles. The fourth-order valence-corrected chi connectivity index (χ4v) is 3.73. The third-order valence-corrected chi connectivity index (χ3v) is 5.27. The predicted molar refractivity (Wildman–Crippen MR) is 112 cm³/mol. The van der Waals surface area contributed by atoms with E-state index in [1.807, 2.05) is 24.3 Å². The summed E-state index contributed by atoms with van der Waals surface area (Å²) in [6.07, 6.45) is 1.36. The number of nitrogens with one attached hydrogen (secondary N) is 1. The number of carbonyl (C=O) groups is 3. The lowest BCUT2D eigenvalue weighted by Gasteiger charge is -2.16. The van der Waals surface area contributed by atoms with Gasteiger partial charge in [-0.1, -0.05) is 30.0 Å². The van der Waals surface area contributed by atoms with Crippen LogP contribution < -0.4 is 10.2 Å². The molecule has 0 atom stereocenters. The third kappa shape index (κ3) is 4.80. The Morgan fingerprint density at radius 2 is 2.07 bits per heavy atom. The van der Waals surface area contributed by atoms with E-state index in [0.29, 0.717) is 35.0 Å². The molecule has 0 radical (unpaired) electrons. The summed E-state index contributed by atoms with van der Waals surface area (Å²) in [4.78, 5) is 41.8. The average Bonchev–Trinajstić information content (AvgIpc) is 3.36. The summed E-state index contributed by atoms with van der Waals surface area (Å²) in [5.41, 5.74) is 2.63. The monoisotopic (exact) mass is 425 g/mol. The van der Waals surface area contributed by atoms with Crippen LogP contribution in [0.15, 0.2) is 58.2 Å². The van der Waals surface area contributed by atoms with Crippen LogP contribution in [-0.2, 0) is 19.1 Å². The minimum Gasteiger partial charge on any atom is -0.455 e. The molecule has 0 saturated carbocycles. The second kappa shape index (κ2) is 9.00. The number of fused-ring (bicyclic) bond motifs is 1. The van der Waals surface area contributed by atoms with Gasteiger partial charge in [0.25, 0.3) is 11.1 Å². The second-order valence-corrected chi connectivity index (χ2v) is 7.57. The maximum atomic E-state index is 12.1. The molecule has 1 fully saturated rings. The Kier molecular flexibility index (Phi) is 5.99. The molecule has 1 aliphatic rings. The van der Waals surface area contributed by atoms with Gasteiger partial charge in [-0.25, -0.2) is 4.98 Å². The summed E-state index contributed by atoms with van der Waals surface area (Å²) in [6, 6.07) is 14.3. The van der Waals surface area contributed by atoms with Gasteiger partial charge in [-0.3, -0.25) is 14.4 Å². The quantitative estimate of drug-likeness (QED) is 0.458. The van der Waals surface area contributed by atoms with E-state index in [2.05, 4.69) is 10.3 Å². The van der Waals surface area contributed by atoms with E-state index in [1.54, 1.807) is 29.2 Å². The Morgan fingerprint density at radius 3 is 2.87 bits per heavy atom. The van der Waals surface area contributed by atoms with Crippen molar-refractivity contribution in [3.63, 3.8) is 0 Å². The van der Waals surface area contributed by atoms with Gasteiger partial charge in [0, 0.05) is 24.3 Å². The smallest absolute Gasteiger partial charge is 0.316 e. The first-order valence-corrected chi connectivity index (χ1v) is 10.4. The first-order valence-electron chi connectivity index (χ1n) is 9.43. The molecule has 0 bridgehead atoms. The minimum atomic E-state index is -0.547. The van der Waals surface area contributed by atoms with E-state index >= 15 is 0 Å². The molecule has 1 aromatic heterocycles. The molecule has 2 heterocycles. The van der Waals surface area contributed by atoms with E-state index < -0.39 is 18.5 Å². The summed E-state index contributed by atoms with van der Waals surface area (Å²) in [6.45, 7) is 0.269. The van der Waals surface area contributed by atoms with Gasteiger partial charge in [-0.05, 0) is 36.8 Å². The summed E-state index contributed by atoms with van der Waals surface area (Å²) in [7, 11) is 0. The number of hydrogen-bond acceptors (Lipinski definition) is 7. The molecule has 4 rings (SSSR count). The van der Waals surface area contributed by atoms with Crippen LogP contribution in [0.3, 0.4) is 0 Å². The molecule has 30 heavy (non-hydrogen) atoms. The summed E-state index contributed by atoms with van der Waals surface area (Å²) in [5.74, 6) is -0.954. The van der Waals surface area contributed by atoms with Crippen molar-refractivity contribution in [2.24, 2.45) is 0 Å². The van der Waals surface area contributed by atoms with E-state index in [4.69, 9.17) is 9.15 Å². The summed E-state index contributed by atoms with van der Waals surface area (Å²) in [5, 5.41) is 3.04. The number of anilines is 2. The highest BCUT2D eigenvalue weighted by Crippen LogP contribution is 2.25. The number of para-hydroxylation sites is 2. The highest BCUT2D eigenvalue weighted by molar-refractivity contribution is 7.99. The predicted octanol–water partition coefficient (Wildman–Crippen LogP) is 3.23. The molecule has 154 valence electrons. The molecule has 3 aromatic rings. The fourth-order valence-electron chi connectivity index (χ4n) is 3.09. The van der Waals surface area contributed by atoms with Crippen LogP contribution in [-0.4, -0.2) is 41.7 Å². The van der Waals surface area contributed by atoms with Crippen molar-refractivity contribution in [1.82, 2.24) is 4.98 Å². The second-order valence-electron chi connectivity index (χ2n) is 6.64. The van der Waals surface area contributed by atoms with Crippen LogP contribution in [0.1, 0.15) is 12.8 Å². The number of nitrogens with zero attached hydrogens (tertiary/aromatic N) is 2. The van der Waals surface area contributed by atoms with E-state index in [1.165, 1.54) is 0 Å². The molecule has 1 saturated heterocycles. The van der Waals surface area contributed by atoms with Crippen LogP contribution >= 0.6 is 11.8 Å². The molecule has 2 amide bonds. The zero-order valence-corrected chi connectivity index (χ0v) is 16.8. The van der Waals surface area contributed by atoms with Crippen LogP contribution in [0.5, 0.6) is 0 Å². The Bertz CT molecular complexity index is 1060. The van der Waals surface area contributed by atoms with E-state index in [-0.39, 0.29) is 11.7 Å². The van der Waals surface area contributed by atoms with Crippen molar-refractivity contribution in [2.75, 3.05) is 29.1 Å². The lowest BCUT2D eigenvalue weighted by Crippen LogP contribution is -2.24. The number of esters is 1.